The van der Waals surface area contributed by atoms with E-state index in [9.17, 15) is 0 Å². The first kappa shape index (κ1) is 22.6. The number of anilines is 1. The van der Waals surface area contributed by atoms with Gasteiger partial charge in [-0.3, -0.25) is 9.58 Å². The Kier molecular flexibility index (Phi) is 6.34. The molecule has 1 saturated heterocycles. The van der Waals surface area contributed by atoms with Gasteiger partial charge in [-0.1, -0.05) is 17.7 Å². The number of imidazole rings is 1. The summed E-state index contributed by atoms with van der Waals surface area (Å²) in [6.45, 7) is 7.26. The Morgan fingerprint density at radius 1 is 1.03 bits per heavy atom. The molecule has 3 heterocycles. The van der Waals surface area contributed by atoms with E-state index in [1.165, 1.54) is 5.69 Å². The third kappa shape index (κ3) is 4.31. The van der Waals surface area contributed by atoms with E-state index in [2.05, 4.69) is 32.8 Å². The van der Waals surface area contributed by atoms with Crippen LogP contribution in [0.5, 0.6) is 11.5 Å². The third-order valence-corrected chi connectivity index (χ3v) is 6.94. The highest BCUT2D eigenvalue weighted by Crippen LogP contribution is 2.34. The molecule has 1 N–H and O–H groups in total. The monoisotopic (exact) mass is 480 g/mol. The summed E-state index contributed by atoms with van der Waals surface area (Å²) in [5.41, 5.74) is 5.40. The molecule has 34 heavy (non-hydrogen) atoms. The minimum atomic E-state index is 0.605. The summed E-state index contributed by atoms with van der Waals surface area (Å²) in [4.78, 5) is 12.2. The summed E-state index contributed by atoms with van der Waals surface area (Å²) in [6.07, 6.45) is 3.51. The molecule has 0 spiro atoms. The summed E-state index contributed by atoms with van der Waals surface area (Å²) in [5.74, 6) is 1.40. The Morgan fingerprint density at radius 3 is 2.50 bits per heavy atom. The summed E-state index contributed by atoms with van der Waals surface area (Å²) < 4.78 is 13.1. The van der Waals surface area contributed by atoms with Gasteiger partial charge in [0, 0.05) is 61.1 Å². The number of H-pyrrole nitrogens is 1. The SMILES string of the molecule is COc1cc2c(CN3CCN(c4cccc(Cl)c4C)CC3)nn(Cc3cnc[nH]3)c2cc1OC. The second-order valence-electron chi connectivity index (χ2n) is 8.55. The van der Waals surface area contributed by atoms with Crippen LogP contribution in [-0.2, 0) is 13.1 Å². The zero-order chi connectivity index (χ0) is 23.7. The lowest BCUT2D eigenvalue weighted by Crippen LogP contribution is -2.46. The van der Waals surface area contributed by atoms with Crippen molar-refractivity contribution in [1.29, 1.82) is 0 Å². The molecule has 0 bridgehead atoms. The summed E-state index contributed by atoms with van der Waals surface area (Å²) in [5, 5.41) is 6.89. The lowest BCUT2D eigenvalue weighted by atomic mass is 10.1. The molecule has 2 aromatic carbocycles. The quantitative estimate of drug-likeness (QED) is 0.429. The van der Waals surface area contributed by atoms with E-state index < -0.39 is 0 Å². The van der Waals surface area contributed by atoms with Crippen LogP contribution < -0.4 is 14.4 Å². The number of nitrogens with zero attached hydrogens (tertiary/aromatic N) is 5. The largest absolute Gasteiger partial charge is 0.493 e. The van der Waals surface area contributed by atoms with Crippen LogP contribution >= 0.6 is 11.6 Å². The number of halogens is 1. The average Bonchev–Trinajstić information content (AvgIpc) is 3.49. The molecular weight excluding hydrogens is 452 g/mol. The fourth-order valence-corrected chi connectivity index (χ4v) is 4.80. The lowest BCUT2D eigenvalue weighted by Gasteiger charge is -2.36. The number of methoxy groups -OCH3 is 2. The van der Waals surface area contributed by atoms with Gasteiger partial charge in [-0.2, -0.15) is 5.10 Å². The molecule has 0 amide bonds. The van der Waals surface area contributed by atoms with Gasteiger partial charge >= 0.3 is 0 Å². The number of fused-ring (bicyclic) bond motifs is 1. The molecule has 0 aliphatic carbocycles. The highest BCUT2D eigenvalue weighted by molar-refractivity contribution is 6.31. The Bertz CT molecular complexity index is 1280. The highest BCUT2D eigenvalue weighted by Gasteiger charge is 2.22. The van der Waals surface area contributed by atoms with Gasteiger partial charge in [-0.05, 0) is 30.7 Å². The Balaban J connectivity index is 1.39. The maximum absolute atomic E-state index is 6.35. The molecule has 2 aromatic heterocycles. The van der Waals surface area contributed by atoms with Crippen molar-refractivity contribution < 1.29 is 9.47 Å². The number of aromatic nitrogens is 4. The fraction of sp³-hybridized carbons (Fsp3) is 0.360. The number of hydrogen-bond donors (Lipinski definition) is 1. The van der Waals surface area contributed by atoms with Crippen molar-refractivity contribution in [2.75, 3.05) is 45.3 Å². The lowest BCUT2D eigenvalue weighted by molar-refractivity contribution is 0.247. The molecule has 0 unspecified atom stereocenters. The van der Waals surface area contributed by atoms with Crippen LogP contribution in [-0.4, -0.2) is 65.0 Å². The third-order valence-electron chi connectivity index (χ3n) is 6.53. The van der Waals surface area contributed by atoms with Gasteiger partial charge in [0.1, 0.15) is 0 Å². The van der Waals surface area contributed by atoms with Crippen molar-refractivity contribution in [3.63, 3.8) is 0 Å². The molecule has 0 atom stereocenters. The number of ether oxygens (including phenoxy) is 2. The van der Waals surface area contributed by atoms with E-state index in [1.54, 1.807) is 20.5 Å². The van der Waals surface area contributed by atoms with Crippen LogP contribution in [0.3, 0.4) is 0 Å². The number of aromatic amines is 1. The van der Waals surface area contributed by atoms with E-state index >= 15 is 0 Å². The van der Waals surface area contributed by atoms with E-state index in [0.29, 0.717) is 18.0 Å². The Hall–Kier alpha value is -3.23. The van der Waals surface area contributed by atoms with E-state index in [1.807, 2.05) is 35.1 Å². The van der Waals surface area contributed by atoms with Gasteiger partial charge in [-0.15, -0.1) is 0 Å². The molecule has 8 nitrogen and oxygen atoms in total. The first-order valence-corrected chi connectivity index (χ1v) is 11.8. The van der Waals surface area contributed by atoms with Gasteiger partial charge in [-0.25, -0.2) is 4.98 Å². The normalized spacial score (nSPS) is 14.6. The van der Waals surface area contributed by atoms with Crippen molar-refractivity contribution in [1.82, 2.24) is 24.6 Å². The molecule has 1 aliphatic heterocycles. The smallest absolute Gasteiger partial charge is 0.162 e. The van der Waals surface area contributed by atoms with Crippen LogP contribution in [0.4, 0.5) is 5.69 Å². The molecule has 4 aromatic rings. The topological polar surface area (TPSA) is 71.4 Å². The van der Waals surface area contributed by atoms with Gasteiger partial charge in [0.2, 0.25) is 0 Å². The average molecular weight is 481 g/mol. The number of nitrogens with one attached hydrogen (secondary N) is 1. The molecule has 1 aliphatic rings. The number of hydrogen-bond acceptors (Lipinski definition) is 6. The second-order valence-corrected chi connectivity index (χ2v) is 8.96. The number of rotatable bonds is 7. The standard InChI is InChI=1S/C25H29ClN6O2/c1-17-20(26)5-4-6-22(17)31-9-7-30(8-10-31)15-21-19-11-24(33-2)25(34-3)12-23(19)32(29-21)14-18-13-27-16-28-18/h4-6,11-13,16H,7-10,14-15H2,1-3H3,(H,27,28). The van der Waals surface area contributed by atoms with Gasteiger partial charge in [0.15, 0.2) is 11.5 Å². The number of piperazine rings is 1. The van der Waals surface area contributed by atoms with E-state index in [4.69, 9.17) is 26.2 Å². The molecule has 0 radical (unpaired) electrons. The Morgan fingerprint density at radius 2 is 1.79 bits per heavy atom. The van der Waals surface area contributed by atoms with Gasteiger partial charge in [0.05, 0.1) is 44.0 Å². The minimum Gasteiger partial charge on any atom is -0.493 e. The second kappa shape index (κ2) is 9.56. The zero-order valence-electron chi connectivity index (χ0n) is 19.7. The van der Waals surface area contributed by atoms with Crippen molar-refractivity contribution in [3.8, 4) is 11.5 Å². The van der Waals surface area contributed by atoms with E-state index in [-0.39, 0.29) is 0 Å². The molecular formula is C25H29ClN6O2. The zero-order valence-corrected chi connectivity index (χ0v) is 20.5. The maximum atomic E-state index is 6.35. The fourth-order valence-electron chi connectivity index (χ4n) is 4.63. The summed E-state index contributed by atoms with van der Waals surface area (Å²) in [6, 6.07) is 10.2. The van der Waals surface area contributed by atoms with Crippen LogP contribution in [0.1, 0.15) is 17.0 Å². The van der Waals surface area contributed by atoms with Crippen LogP contribution in [0.15, 0.2) is 42.9 Å². The van der Waals surface area contributed by atoms with Crippen molar-refractivity contribution in [2.24, 2.45) is 0 Å². The molecule has 5 rings (SSSR count). The van der Waals surface area contributed by atoms with Gasteiger partial charge < -0.3 is 19.4 Å². The maximum Gasteiger partial charge on any atom is 0.162 e. The van der Waals surface area contributed by atoms with Crippen molar-refractivity contribution >= 4 is 28.2 Å². The van der Waals surface area contributed by atoms with Crippen molar-refractivity contribution in [3.05, 3.63) is 64.8 Å². The van der Waals surface area contributed by atoms with Gasteiger partial charge in [0.25, 0.3) is 0 Å². The van der Waals surface area contributed by atoms with E-state index in [0.717, 1.165) is 65.6 Å². The molecule has 9 heteroatoms. The number of benzene rings is 2. The first-order valence-electron chi connectivity index (χ1n) is 11.4. The highest BCUT2D eigenvalue weighted by atomic mass is 35.5. The summed E-state index contributed by atoms with van der Waals surface area (Å²) in [7, 11) is 3.32. The minimum absolute atomic E-state index is 0.605. The molecule has 0 saturated carbocycles. The predicted octanol–water partition coefficient (Wildman–Crippen LogP) is 4.11. The first-order chi connectivity index (χ1) is 16.6. The van der Waals surface area contributed by atoms with Crippen molar-refractivity contribution in [2.45, 2.75) is 20.0 Å². The Labute approximate surface area is 204 Å². The predicted molar refractivity (Wildman–Crippen MR) is 134 cm³/mol. The van der Waals surface area contributed by atoms with Crippen LogP contribution in [0, 0.1) is 6.92 Å². The molecule has 178 valence electrons. The molecule has 1 fully saturated rings. The summed E-state index contributed by atoms with van der Waals surface area (Å²) >= 11 is 6.35. The van der Waals surface area contributed by atoms with Crippen LogP contribution in [0.25, 0.3) is 10.9 Å². The van der Waals surface area contributed by atoms with Crippen LogP contribution in [0.2, 0.25) is 5.02 Å².